The average Bonchev–Trinajstić information content (AvgIpc) is 2.58. The number of anilines is 1. The molecule has 0 aliphatic carbocycles. The molecule has 76 valence electrons. The zero-order valence-corrected chi connectivity index (χ0v) is 9.54. The third-order valence-corrected chi connectivity index (χ3v) is 3.07. The molecule has 0 radical (unpaired) electrons. The Morgan fingerprint density at radius 3 is 3.00 bits per heavy atom. The van der Waals surface area contributed by atoms with Crippen molar-refractivity contribution in [3.05, 3.63) is 16.5 Å². The predicted octanol–water partition coefficient (Wildman–Crippen LogP) is 1.85. The molecule has 1 aromatic heterocycles. The second-order valence-corrected chi connectivity index (χ2v) is 4.46. The van der Waals surface area contributed by atoms with Crippen molar-refractivity contribution in [1.29, 1.82) is 0 Å². The van der Waals surface area contributed by atoms with Gasteiger partial charge in [0.25, 0.3) is 0 Å². The second-order valence-electron chi connectivity index (χ2n) is 3.61. The van der Waals surface area contributed by atoms with Crippen LogP contribution in [0.2, 0.25) is 0 Å². The van der Waals surface area contributed by atoms with E-state index in [2.05, 4.69) is 25.9 Å². The van der Waals surface area contributed by atoms with Crippen LogP contribution in [-0.2, 0) is 10.3 Å². The Labute approximate surface area is 91.0 Å². The number of nitrogen functional groups attached to an aromatic ring is 1. The van der Waals surface area contributed by atoms with Gasteiger partial charge in [0.05, 0.1) is 4.47 Å². The van der Waals surface area contributed by atoms with Crippen LogP contribution >= 0.6 is 15.9 Å². The Bertz CT molecular complexity index is 350. The highest BCUT2D eigenvalue weighted by atomic mass is 79.9. The zero-order chi connectivity index (χ0) is 10.2. The molecule has 1 atom stereocenters. The summed E-state index contributed by atoms with van der Waals surface area (Å²) in [5.74, 6) is 1.14. The number of rotatable bonds is 1. The summed E-state index contributed by atoms with van der Waals surface area (Å²) in [7, 11) is 0. The zero-order valence-electron chi connectivity index (χ0n) is 7.96. The maximum atomic E-state index is 5.69. The predicted molar refractivity (Wildman–Crippen MR) is 56.7 cm³/mol. The molecule has 4 nitrogen and oxygen atoms in total. The molecule has 0 bridgehead atoms. The summed E-state index contributed by atoms with van der Waals surface area (Å²) in [4.78, 5) is 8.45. The fourth-order valence-electron chi connectivity index (χ4n) is 1.59. The molecular formula is C9H12BrN3O. The molecule has 0 aromatic carbocycles. The van der Waals surface area contributed by atoms with E-state index in [0.717, 1.165) is 23.9 Å². The molecule has 1 unspecified atom stereocenters. The molecule has 1 fully saturated rings. The highest BCUT2D eigenvalue weighted by Gasteiger charge is 2.34. The topological polar surface area (TPSA) is 61.0 Å². The summed E-state index contributed by atoms with van der Waals surface area (Å²) < 4.78 is 6.35. The van der Waals surface area contributed by atoms with Crippen molar-refractivity contribution in [3.8, 4) is 0 Å². The fraction of sp³-hybridized carbons (Fsp3) is 0.556. The lowest BCUT2D eigenvalue weighted by atomic mass is 10.0. The average molecular weight is 258 g/mol. The molecule has 5 heteroatoms. The number of hydrogen-bond acceptors (Lipinski definition) is 4. The lowest BCUT2D eigenvalue weighted by Crippen LogP contribution is -2.23. The van der Waals surface area contributed by atoms with Gasteiger partial charge in [0.1, 0.15) is 11.4 Å². The van der Waals surface area contributed by atoms with Crippen LogP contribution in [0.5, 0.6) is 0 Å². The highest BCUT2D eigenvalue weighted by molar-refractivity contribution is 9.10. The third-order valence-electron chi connectivity index (χ3n) is 2.46. The number of nitrogens with zero attached hydrogens (tertiary/aromatic N) is 2. The monoisotopic (exact) mass is 257 g/mol. The van der Waals surface area contributed by atoms with Crippen LogP contribution in [0, 0.1) is 0 Å². The van der Waals surface area contributed by atoms with Gasteiger partial charge in [-0.1, -0.05) is 0 Å². The van der Waals surface area contributed by atoms with Gasteiger partial charge in [-0.25, -0.2) is 9.97 Å². The van der Waals surface area contributed by atoms with E-state index in [4.69, 9.17) is 10.5 Å². The van der Waals surface area contributed by atoms with E-state index >= 15 is 0 Å². The van der Waals surface area contributed by atoms with Crippen LogP contribution in [0.3, 0.4) is 0 Å². The van der Waals surface area contributed by atoms with Gasteiger partial charge in [0, 0.05) is 12.8 Å². The van der Waals surface area contributed by atoms with Crippen molar-refractivity contribution >= 4 is 21.7 Å². The number of halogens is 1. The molecule has 2 N–H and O–H groups in total. The van der Waals surface area contributed by atoms with Gasteiger partial charge in [-0.3, -0.25) is 0 Å². The first-order valence-corrected chi connectivity index (χ1v) is 5.33. The number of ether oxygens (including phenoxy) is 1. The maximum Gasteiger partial charge on any atom is 0.162 e. The summed E-state index contributed by atoms with van der Waals surface area (Å²) in [5.41, 5.74) is 5.34. The van der Waals surface area contributed by atoms with Gasteiger partial charge in [0.2, 0.25) is 0 Å². The van der Waals surface area contributed by atoms with Crippen molar-refractivity contribution in [2.75, 3.05) is 12.3 Å². The van der Waals surface area contributed by atoms with E-state index in [-0.39, 0.29) is 5.60 Å². The summed E-state index contributed by atoms with van der Waals surface area (Å²) in [5, 5.41) is 0. The Morgan fingerprint density at radius 1 is 1.64 bits per heavy atom. The summed E-state index contributed by atoms with van der Waals surface area (Å²) in [6.45, 7) is 2.78. The smallest absolute Gasteiger partial charge is 0.162 e. The van der Waals surface area contributed by atoms with E-state index in [9.17, 15) is 0 Å². The van der Waals surface area contributed by atoms with E-state index in [1.807, 2.05) is 6.92 Å². The molecule has 14 heavy (non-hydrogen) atoms. The van der Waals surface area contributed by atoms with Crippen molar-refractivity contribution in [2.45, 2.75) is 25.4 Å². The van der Waals surface area contributed by atoms with Crippen molar-refractivity contribution in [3.63, 3.8) is 0 Å². The summed E-state index contributed by atoms with van der Waals surface area (Å²) in [6.07, 6.45) is 3.68. The standard InChI is InChI=1S/C9H12BrN3O/c1-9(3-2-4-14-9)8-12-5-6(10)7(11)13-8/h5H,2-4H2,1H3,(H2,11,12,13). The van der Waals surface area contributed by atoms with E-state index in [0.29, 0.717) is 11.6 Å². The number of hydrogen-bond donors (Lipinski definition) is 1. The van der Waals surface area contributed by atoms with Gasteiger partial charge in [-0.2, -0.15) is 0 Å². The summed E-state index contributed by atoms with van der Waals surface area (Å²) >= 11 is 3.26. The molecule has 1 saturated heterocycles. The van der Waals surface area contributed by atoms with Crippen molar-refractivity contribution in [1.82, 2.24) is 9.97 Å². The van der Waals surface area contributed by atoms with Gasteiger partial charge < -0.3 is 10.5 Å². The first kappa shape index (κ1) is 9.86. The van der Waals surface area contributed by atoms with Gasteiger partial charge in [0.15, 0.2) is 5.82 Å². The van der Waals surface area contributed by atoms with Crippen LogP contribution < -0.4 is 5.73 Å². The molecule has 0 saturated carbocycles. The molecule has 2 heterocycles. The molecule has 0 spiro atoms. The van der Waals surface area contributed by atoms with Crippen molar-refractivity contribution in [2.24, 2.45) is 0 Å². The lowest BCUT2D eigenvalue weighted by molar-refractivity contribution is 0.00942. The second kappa shape index (κ2) is 3.47. The fourth-order valence-corrected chi connectivity index (χ4v) is 1.78. The third kappa shape index (κ3) is 1.62. The first-order chi connectivity index (χ1) is 6.62. The van der Waals surface area contributed by atoms with Gasteiger partial charge >= 0.3 is 0 Å². The Balaban J connectivity index is 2.36. The lowest BCUT2D eigenvalue weighted by Gasteiger charge is -2.21. The minimum absolute atomic E-state index is 0.352. The number of nitrogens with two attached hydrogens (primary N) is 1. The Morgan fingerprint density at radius 2 is 2.43 bits per heavy atom. The first-order valence-electron chi connectivity index (χ1n) is 4.54. The van der Waals surface area contributed by atoms with Crippen LogP contribution in [0.25, 0.3) is 0 Å². The van der Waals surface area contributed by atoms with Crippen LogP contribution in [0.15, 0.2) is 10.7 Å². The molecule has 0 amide bonds. The Hall–Kier alpha value is -0.680. The summed E-state index contributed by atoms with van der Waals surface area (Å²) in [6, 6.07) is 0. The minimum atomic E-state index is -0.352. The normalized spacial score (nSPS) is 26.7. The van der Waals surface area contributed by atoms with E-state index in [1.165, 1.54) is 0 Å². The van der Waals surface area contributed by atoms with E-state index < -0.39 is 0 Å². The SMILES string of the molecule is CC1(c2ncc(Br)c(N)n2)CCCO1. The molecular weight excluding hydrogens is 246 g/mol. The van der Waals surface area contributed by atoms with Crippen LogP contribution in [0.4, 0.5) is 5.82 Å². The largest absolute Gasteiger partial charge is 0.383 e. The van der Waals surface area contributed by atoms with Gasteiger partial charge in [-0.15, -0.1) is 0 Å². The molecule has 1 aliphatic rings. The molecule has 1 aliphatic heterocycles. The van der Waals surface area contributed by atoms with Crippen molar-refractivity contribution < 1.29 is 4.74 Å². The van der Waals surface area contributed by atoms with Gasteiger partial charge in [-0.05, 0) is 35.7 Å². The highest BCUT2D eigenvalue weighted by Crippen LogP contribution is 2.34. The molecule has 1 aromatic rings. The maximum absolute atomic E-state index is 5.69. The quantitative estimate of drug-likeness (QED) is 0.835. The van der Waals surface area contributed by atoms with E-state index in [1.54, 1.807) is 6.20 Å². The molecule has 2 rings (SSSR count). The number of aromatic nitrogens is 2. The van der Waals surface area contributed by atoms with Crippen LogP contribution in [-0.4, -0.2) is 16.6 Å². The minimum Gasteiger partial charge on any atom is -0.383 e. The van der Waals surface area contributed by atoms with Crippen LogP contribution in [0.1, 0.15) is 25.6 Å². The Kier molecular flexibility index (Phi) is 2.45.